The van der Waals surface area contributed by atoms with E-state index in [1.165, 1.54) is 32.1 Å². The number of hydrogen-bond acceptors (Lipinski definition) is 2. The first-order valence-corrected chi connectivity index (χ1v) is 5.67. The van der Waals surface area contributed by atoms with Gasteiger partial charge in [-0.3, -0.25) is 4.79 Å². The van der Waals surface area contributed by atoms with Crippen molar-refractivity contribution in [3.05, 3.63) is 0 Å². The molecule has 1 saturated carbocycles. The third-order valence-corrected chi connectivity index (χ3v) is 3.18. The van der Waals surface area contributed by atoms with Crippen molar-refractivity contribution in [3.63, 3.8) is 0 Å². The summed E-state index contributed by atoms with van der Waals surface area (Å²) >= 11 is 0. The fourth-order valence-corrected chi connectivity index (χ4v) is 2.25. The van der Waals surface area contributed by atoms with Gasteiger partial charge in [-0.05, 0) is 37.6 Å². The van der Waals surface area contributed by atoms with Crippen LogP contribution in [0.25, 0.3) is 0 Å². The summed E-state index contributed by atoms with van der Waals surface area (Å²) in [7, 11) is 0. The molecule has 0 radical (unpaired) electrons. The van der Waals surface area contributed by atoms with Crippen LogP contribution < -0.4 is 11.1 Å². The number of hydrogen-bond donors (Lipinski definition) is 2. The molecule has 0 spiro atoms. The van der Waals surface area contributed by atoms with Crippen LogP contribution in [0.15, 0.2) is 0 Å². The zero-order valence-corrected chi connectivity index (χ0v) is 9.09. The van der Waals surface area contributed by atoms with E-state index in [-0.39, 0.29) is 5.91 Å². The van der Waals surface area contributed by atoms with E-state index in [1.807, 2.05) is 0 Å². The molecule has 0 aromatic carbocycles. The molecule has 3 nitrogen and oxygen atoms in total. The summed E-state index contributed by atoms with van der Waals surface area (Å²) in [5.74, 6) is 1.63. The van der Waals surface area contributed by atoms with E-state index >= 15 is 0 Å². The molecule has 0 atom stereocenters. The summed E-state index contributed by atoms with van der Waals surface area (Å²) in [5, 5.41) is 2.90. The van der Waals surface area contributed by atoms with Crippen molar-refractivity contribution < 1.29 is 4.79 Å². The highest BCUT2D eigenvalue weighted by atomic mass is 16.1. The Morgan fingerprint density at radius 2 is 1.86 bits per heavy atom. The van der Waals surface area contributed by atoms with Crippen LogP contribution in [0.3, 0.4) is 0 Å². The molecule has 1 amide bonds. The van der Waals surface area contributed by atoms with Gasteiger partial charge in [-0.25, -0.2) is 0 Å². The second-order valence-corrected chi connectivity index (χ2v) is 4.40. The number of carbonyl (C=O) groups is 1. The van der Waals surface area contributed by atoms with Crippen molar-refractivity contribution in [2.24, 2.45) is 17.6 Å². The third kappa shape index (κ3) is 4.09. The Balaban J connectivity index is 2.12. The molecule has 1 rings (SSSR count). The zero-order chi connectivity index (χ0) is 10.4. The summed E-state index contributed by atoms with van der Waals surface area (Å²) in [6.07, 6.45) is 6.27. The molecule has 14 heavy (non-hydrogen) atoms. The highest BCUT2D eigenvalue weighted by Gasteiger charge is 2.20. The lowest BCUT2D eigenvalue weighted by atomic mass is 9.80. The maximum absolute atomic E-state index is 10.7. The predicted octanol–water partition coefficient (Wildman–Crippen LogP) is 1.28. The average molecular weight is 198 g/mol. The Hall–Kier alpha value is -0.570. The fourth-order valence-electron chi connectivity index (χ4n) is 2.25. The van der Waals surface area contributed by atoms with E-state index in [0.717, 1.165) is 19.0 Å². The molecule has 0 aromatic rings. The summed E-state index contributed by atoms with van der Waals surface area (Å²) < 4.78 is 0. The van der Waals surface area contributed by atoms with E-state index in [4.69, 9.17) is 5.73 Å². The van der Waals surface area contributed by atoms with Crippen molar-refractivity contribution in [1.29, 1.82) is 0 Å². The maximum atomic E-state index is 10.7. The molecule has 82 valence electrons. The van der Waals surface area contributed by atoms with Crippen molar-refractivity contribution >= 4 is 5.91 Å². The van der Waals surface area contributed by atoms with Crippen LogP contribution in [0.5, 0.6) is 0 Å². The van der Waals surface area contributed by atoms with E-state index in [9.17, 15) is 4.79 Å². The molecule has 0 unspecified atom stereocenters. The van der Waals surface area contributed by atoms with Crippen molar-refractivity contribution in [1.82, 2.24) is 5.32 Å². The Morgan fingerprint density at radius 3 is 2.36 bits per heavy atom. The van der Waals surface area contributed by atoms with Gasteiger partial charge < -0.3 is 11.1 Å². The Labute approximate surface area is 86.4 Å². The SMILES string of the molecule is CC(=O)NCC1CCC(CCN)CC1. The molecular weight excluding hydrogens is 176 g/mol. The molecular formula is C11H22N2O. The van der Waals surface area contributed by atoms with Crippen LogP contribution in [0.4, 0.5) is 0 Å². The minimum atomic E-state index is 0.0917. The summed E-state index contributed by atoms with van der Waals surface area (Å²) in [5.41, 5.74) is 5.54. The second kappa shape index (κ2) is 6.02. The van der Waals surface area contributed by atoms with E-state index in [1.54, 1.807) is 6.92 Å². The van der Waals surface area contributed by atoms with Gasteiger partial charge in [-0.2, -0.15) is 0 Å². The van der Waals surface area contributed by atoms with Crippen LogP contribution in [-0.4, -0.2) is 19.0 Å². The largest absolute Gasteiger partial charge is 0.356 e. The zero-order valence-electron chi connectivity index (χ0n) is 9.09. The lowest BCUT2D eigenvalue weighted by molar-refractivity contribution is -0.119. The third-order valence-electron chi connectivity index (χ3n) is 3.18. The van der Waals surface area contributed by atoms with Crippen LogP contribution in [0.1, 0.15) is 39.0 Å². The summed E-state index contributed by atoms with van der Waals surface area (Å²) in [6.45, 7) is 3.27. The summed E-state index contributed by atoms with van der Waals surface area (Å²) in [6, 6.07) is 0. The van der Waals surface area contributed by atoms with Crippen LogP contribution in [0.2, 0.25) is 0 Å². The highest BCUT2D eigenvalue weighted by molar-refractivity contribution is 5.72. The van der Waals surface area contributed by atoms with Gasteiger partial charge >= 0.3 is 0 Å². The molecule has 0 heterocycles. The van der Waals surface area contributed by atoms with E-state index in [0.29, 0.717) is 5.92 Å². The number of nitrogens with one attached hydrogen (secondary N) is 1. The summed E-state index contributed by atoms with van der Waals surface area (Å²) in [4.78, 5) is 10.7. The van der Waals surface area contributed by atoms with Crippen LogP contribution in [0, 0.1) is 11.8 Å². The first-order chi connectivity index (χ1) is 6.72. The molecule has 1 aliphatic carbocycles. The first-order valence-electron chi connectivity index (χ1n) is 5.67. The van der Waals surface area contributed by atoms with Gasteiger partial charge in [0, 0.05) is 13.5 Å². The van der Waals surface area contributed by atoms with E-state index in [2.05, 4.69) is 5.32 Å². The smallest absolute Gasteiger partial charge is 0.216 e. The van der Waals surface area contributed by atoms with Gasteiger partial charge in [0.25, 0.3) is 0 Å². The second-order valence-electron chi connectivity index (χ2n) is 4.40. The van der Waals surface area contributed by atoms with Crippen LogP contribution >= 0.6 is 0 Å². The molecule has 3 N–H and O–H groups in total. The molecule has 0 aromatic heterocycles. The maximum Gasteiger partial charge on any atom is 0.216 e. The predicted molar refractivity (Wildman–Crippen MR) is 57.8 cm³/mol. The van der Waals surface area contributed by atoms with Gasteiger partial charge in [0.2, 0.25) is 5.91 Å². The molecule has 0 saturated heterocycles. The lowest BCUT2D eigenvalue weighted by Gasteiger charge is -2.28. The van der Waals surface area contributed by atoms with Crippen molar-refractivity contribution in [3.8, 4) is 0 Å². The topological polar surface area (TPSA) is 55.1 Å². The monoisotopic (exact) mass is 198 g/mol. The number of carbonyl (C=O) groups excluding carboxylic acids is 1. The molecule has 0 bridgehead atoms. The molecule has 1 fully saturated rings. The average Bonchev–Trinajstić information content (AvgIpc) is 2.17. The molecule has 1 aliphatic rings. The molecule has 0 aliphatic heterocycles. The Kier molecular flexibility index (Phi) is 4.94. The lowest BCUT2D eigenvalue weighted by Crippen LogP contribution is -2.29. The highest BCUT2D eigenvalue weighted by Crippen LogP contribution is 2.29. The van der Waals surface area contributed by atoms with E-state index < -0.39 is 0 Å². The minimum Gasteiger partial charge on any atom is -0.356 e. The fraction of sp³-hybridized carbons (Fsp3) is 0.909. The van der Waals surface area contributed by atoms with Gasteiger partial charge in [-0.15, -0.1) is 0 Å². The number of nitrogens with two attached hydrogens (primary N) is 1. The Morgan fingerprint density at radius 1 is 1.29 bits per heavy atom. The molecule has 3 heteroatoms. The normalized spacial score (nSPS) is 27.3. The minimum absolute atomic E-state index is 0.0917. The standard InChI is InChI=1S/C11H22N2O/c1-9(14)13-8-11-4-2-10(3-5-11)6-7-12/h10-11H,2-8,12H2,1H3,(H,13,14). The van der Waals surface area contributed by atoms with Gasteiger partial charge in [0.15, 0.2) is 0 Å². The van der Waals surface area contributed by atoms with Gasteiger partial charge in [-0.1, -0.05) is 12.8 Å². The first kappa shape index (κ1) is 11.5. The number of amides is 1. The van der Waals surface area contributed by atoms with Crippen LogP contribution in [-0.2, 0) is 4.79 Å². The Bertz CT molecular complexity index is 174. The van der Waals surface area contributed by atoms with Gasteiger partial charge in [0.05, 0.1) is 0 Å². The van der Waals surface area contributed by atoms with Gasteiger partial charge in [0.1, 0.15) is 0 Å². The number of rotatable bonds is 4. The van der Waals surface area contributed by atoms with Crippen molar-refractivity contribution in [2.45, 2.75) is 39.0 Å². The van der Waals surface area contributed by atoms with Crippen molar-refractivity contribution in [2.75, 3.05) is 13.1 Å². The quantitative estimate of drug-likeness (QED) is 0.715.